The third-order valence-corrected chi connectivity index (χ3v) is 5.01. The summed E-state index contributed by atoms with van der Waals surface area (Å²) in [5, 5.41) is 5.50. The van der Waals surface area contributed by atoms with E-state index in [9.17, 15) is 14.4 Å². The zero-order valence-corrected chi connectivity index (χ0v) is 17.8. The minimum Gasteiger partial charge on any atom is -0.462 e. The molecular formula is C22H27N5O4. The van der Waals surface area contributed by atoms with Crippen LogP contribution in [0.25, 0.3) is 0 Å². The number of piperazine rings is 1. The molecule has 0 aliphatic carbocycles. The van der Waals surface area contributed by atoms with Crippen LogP contribution in [0.2, 0.25) is 0 Å². The lowest BCUT2D eigenvalue weighted by atomic mass is 10.1. The second-order valence-electron chi connectivity index (χ2n) is 7.04. The molecule has 3 rings (SSSR count). The molecule has 1 aliphatic rings. The van der Waals surface area contributed by atoms with Gasteiger partial charge in [0.2, 0.25) is 0 Å². The maximum atomic E-state index is 12.5. The zero-order chi connectivity index (χ0) is 22.2. The van der Waals surface area contributed by atoms with E-state index >= 15 is 0 Å². The first-order valence-corrected chi connectivity index (χ1v) is 10.2. The van der Waals surface area contributed by atoms with E-state index < -0.39 is 0 Å². The van der Waals surface area contributed by atoms with E-state index in [1.807, 2.05) is 6.07 Å². The summed E-state index contributed by atoms with van der Waals surface area (Å²) < 4.78 is 4.97. The van der Waals surface area contributed by atoms with Gasteiger partial charge in [0.25, 0.3) is 5.91 Å². The molecule has 0 atom stereocenters. The minimum absolute atomic E-state index is 0.143. The molecule has 31 heavy (non-hydrogen) atoms. The third-order valence-electron chi connectivity index (χ3n) is 5.01. The predicted molar refractivity (Wildman–Crippen MR) is 116 cm³/mol. The van der Waals surface area contributed by atoms with Crippen molar-refractivity contribution in [3.63, 3.8) is 0 Å². The summed E-state index contributed by atoms with van der Waals surface area (Å²) >= 11 is 0. The number of esters is 1. The summed E-state index contributed by atoms with van der Waals surface area (Å²) in [4.78, 5) is 44.2. The smallest absolute Gasteiger partial charge is 0.339 e. The predicted octanol–water partition coefficient (Wildman–Crippen LogP) is 1.65. The number of urea groups is 1. The highest BCUT2D eigenvalue weighted by Gasteiger charge is 2.22. The Kier molecular flexibility index (Phi) is 7.42. The van der Waals surface area contributed by atoms with Crippen LogP contribution in [0.15, 0.2) is 42.6 Å². The van der Waals surface area contributed by atoms with Gasteiger partial charge < -0.3 is 25.2 Å². The minimum atomic E-state index is -0.385. The number of nitrogens with one attached hydrogen (secondary N) is 2. The topological polar surface area (TPSA) is 104 Å². The van der Waals surface area contributed by atoms with Crippen LogP contribution in [0, 0.1) is 0 Å². The number of hydrogen-bond acceptors (Lipinski definition) is 6. The Morgan fingerprint density at radius 3 is 2.48 bits per heavy atom. The van der Waals surface area contributed by atoms with E-state index in [0.29, 0.717) is 50.5 Å². The molecule has 0 radical (unpaired) electrons. The second-order valence-corrected chi connectivity index (χ2v) is 7.04. The van der Waals surface area contributed by atoms with Gasteiger partial charge in [0, 0.05) is 51.5 Å². The highest BCUT2D eigenvalue weighted by atomic mass is 16.5. The van der Waals surface area contributed by atoms with Crippen molar-refractivity contribution in [3.05, 3.63) is 59.3 Å². The highest BCUT2D eigenvalue weighted by molar-refractivity contribution is 5.94. The number of pyridine rings is 1. The Labute approximate surface area is 181 Å². The Balaban J connectivity index is 1.49. The fourth-order valence-electron chi connectivity index (χ4n) is 3.30. The average Bonchev–Trinajstić information content (AvgIpc) is 2.82. The van der Waals surface area contributed by atoms with Crippen LogP contribution in [0.4, 0.5) is 10.6 Å². The van der Waals surface area contributed by atoms with E-state index in [1.165, 1.54) is 6.20 Å². The fourth-order valence-corrected chi connectivity index (χ4v) is 3.30. The molecule has 0 saturated carbocycles. The Hall–Kier alpha value is -3.62. The largest absolute Gasteiger partial charge is 0.462 e. The lowest BCUT2D eigenvalue weighted by Crippen LogP contribution is -2.51. The lowest BCUT2D eigenvalue weighted by Gasteiger charge is -2.35. The fraction of sp³-hybridized carbons (Fsp3) is 0.364. The second kappa shape index (κ2) is 10.4. The molecule has 9 heteroatoms. The maximum absolute atomic E-state index is 12.5. The summed E-state index contributed by atoms with van der Waals surface area (Å²) in [6.07, 6.45) is 1.51. The van der Waals surface area contributed by atoms with Gasteiger partial charge in [-0.15, -0.1) is 0 Å². The van der Waals surface area contributed by atoms with Crippen LogP contribution in [0.5, 0.6) is 0 Å². The van der Waals surface area contributed by atoms with Gasteiger partial charge in [-0.05, 0) is 36.8 Å². The Bertz CT molecular complexity index is 924. The molecule has 1 aromatic heterocycles. The quantitative estimate of drug-likeness (QED) is 0.682. The van der Waals surface area contributed by atoms with Crippen molar-refractivity contribution in [2.45, 2.75) is 13.5 Å². The zero-order valence-electron chi connectivity index (χ0n) is 17.8. The molecule has 1 aromatic carbocycles. The van der Waals surface area contributed by atoms with Gasteiger partial charge >= 0.3 is 12.0 Å². The SMILES string of the molecule is CCOC(=O)c1ccc(N2CCN(C(=O)NCc3cccc(C(=O)NC)c3)CC2)nc1. The summed E-state index contributed by atoms with van der Waals surface area (Å²) in [5.41, 5.74) is 1.84. The van der Waals surface area contributed by atoms with E-state index in [4.69, 9.17) is 4.74 Å². The van der Waals surface area contributed by atoms with E-state index in [1.54, 1.807) is 49.2 Å². The van der Waals surface area contributed by atoms with Crippen LogP contribution >= 0.6 is 0 Å². The van der Waals surface area contributed by atoms with Gasteiger partial charge in [0.15, 0.2) is 0 Å². The van der Waals surface area contributed by atoms with Gasteiger partial charge in [0.1, 0.15) is 5.82 Å². The first-order valence-electron chi connectivity index (χ1n) is 10.2. The molecule has 9 nitrogen and oxygen atoms in total. The first kappa shape index (κ1) is 22.1. The number of nitrogens with zero attached hydrogens (tertiary/aromatic N) is 3. The van der Waals surface area contributed by atoms with Crippen molar-refractivity contribution < 1.29 is 19.1 Å². The molecule has 1 aliphatic heterocycles. The van der Waals surface area contributed by atoms with E-state index in [2.05, 4.69) is 20.5 Å². The molecular weight excluding hydrogens is 398 g/mol. The van der Waals surface area contributed by atoms with Crippen molar-refractivity contribution in [1.82, 2.24) is 20.5 Å². The van der Waals surface area contributed by atoms with Crippen molar-refractivity contribution in [2.75, 3.05) is 44.7 Å². The molecule has 164 valence electrons. The molecule has 1 saturated heterocycles. The molecule has 2 heterocycles. The van der Waals surface area contributed by atoms with Gasteiger partial charge in [-0.1, -0.05) is 12.1 Å². The summed E-state index contributed by atoms with van der Waals surface area (Å²) in [6.45, 7) is 4.84. The van der Waals surface area contributed by atoms with Gasteiger partial charge in [-0.3, -0.25) is 4.79 Å². The van der Waals surface area contributed by atoms with Crippen molar-refractivity contribution >= 4 is 23.7 Å². The summed E-state index contributed by atoms with van der Waals surface area (Å²) in [7, 11) is 1.58. The summed E-state index contributed by atoms with van der Waals surface area (Å²) in [5.74, 6) is 0.219. The van der Waals surface area contributed by atoms with Gasteiger partial charge in [-0.2, -0.15) is 0 Å². The van der Waals surface area contributed by atoms with Gasteiger partial charge in [0.05, 0.1) is 12.2 Å². The third kappa shape index (κ3) is 5.71. The number of anilines is 1. The van der Waals surface area contributed by atoms with E-state index in [0.717, 1.165) is 11.4 Å². The highest BCUT2D eigenvalue weighted by Crippen LogP contribution is 2.15. The normalized spacial score (nSPS) is 13.5. The number of aromatic nitrogens is 1. The average molecular weight is 425 g/mol. The van der Waals surface area contributed by atoms with E-state index in [-0.39, 0.29) is 17.9 Å². The van der Waals surface area contributed by atoms with Crippen LogP contribution in [-0.4, -0.2) is 67.6 Å². The molecule has 0 spiro atoms. The van der Waals surface area contributed by atoms with Crippen LogP contribution in [0.3, 0.4) is 0 Å². The molecule has 0 unspecified atom stereocenters. The number of hydrogen-bond donors (Lipinski definition) is 2. The number of benzene rings is 1. The number of ether oxygens (including phenoxy) is 1. The molecule has 1 fully saturated rings. The molecule has 2 N–H and O–H groups in total. The molecule has 3 amide bonds. The maximum Gasteiger partial charge on any atom is 0.339 e. The van der Waals surface area contributed by atoms with Crippen LogP contribution < -0.4 is 15.5 Å². The molecule has 0 bridgehead atoms. The number of carbonyl (C=O) groups excluding carboxylic acids is 3. The molecule has 2 aromatic rings. The van der Waals surface area contributed by atoms with Crippen LogP contribution in [-0.2, 0) is 11.3 Å². The monoisotopic (exact) mass is 425 g/mol. The Morgan fingerprint density at radius 2 is 1.84 bits per heavy atom. The van der Waals surface area contributed by atoms with Gasteiger partial charge in [-0.25, -0.2) is 14.6 Å². The van der Waals surface area contributed by atoms with Crippen LogP contribution in [0.1, 0.15) is 33.2 Å². The standard InChI is InChI=1S/C22H27N5O4/c1-3-31-21(29)18-7-8-19(24-15-18)26-9-11-27(12-10-26)22(30)25-14-16-5-4-6-17(13-16)20(28)23-2/h4-8,13,15H,3,9-12,14H2,1-2H3,(H,23,28)(H,25,30). The Morgan fingerprint density at radius 1 is 1.06 bits per heavy atom. The van der Waals surface area contributed by atoms with Crippen molar-refractivity contribution in [3.8, 4) is 0 Å². The number of amides is 3. The number of rotatable bonds is 6. The van der Waals surface area contributed by atoms with Crippen molar-refractivity contribution in [2.24, 2.45) is 0 Å². The summed E-state index contributed by atoms with van der Waals surface area (Å²) in [6, 6.07) is 10.5. The number of carbonyl (C=O) groups is 3. The van der Waals surface area contributed by atoms with Crippen molar-refractivity contribution in [1.29, 1.82) is 0 Å². The first-order chi connectivity index (χ1) is 15.0. The lowest BCUT2D eigenvalue weighted by molar-refractivity contribution is 0.0525.